The Labute approximate surface area is 95.1 Å². The van der Waals surface area contributed by atoms with Gasteiger partial charge in [0.25, 0.3) is 0 Å². The molecule has 1 nitrogen and oxygen atoms in total. The first kappa shape index (κ1) is 11.8. The highest BCUT2D eigenvalue weighted by atomic mass is 32.2. The van der Waals surface area contributed by atoms with Crippen molar-refractivity contribution in [2.45, 2.75) is 11.8 Å². The minimum absolute atomic E-state index is 1.05. The van der Waals surface area contributed by atoms with Gasteiger partial charge in [0.05, 0.1) is 0 Å². The van der Waals surface area contributed by atoms with Gasteiger partial charge in [-0.3, -0.25) is 0 Å². The minimum Gasteiger partial charge on any atom is -0.383 e. The van der Waals surface area contributed by atoms with Gasteiger partial charge in [-0.25, -0.2) is 0 Å². The van der Waals surface area contributed by atoms with Crippen molar-refractivity contribution in [3.05, 3.63) is 24.3 Å². The van der Waals surface area contributed by atoms with Crippen LogP contribution < -0.4 is 5.32 Å². The molecule has 0 aliphatic rings. The molecule has 78 valence electrons. The summed E-state index contributed by atoms with van der Waals surface area (Å²) in [5.74, 6) is 2.38. The molecule has 0 atom stereocenters. The molecule has 1 rings (SSSR count). The third-order valence-corrected chi connectivity index (χ3v) is 3.57. The van der Waals surface area contributed by atoms with Crippen LogP contribution in [0.5, 0.6) is 0 Å². The van der Waals surface area contributed by atoms with Crippen LogP contribution in [0.1, 0.15) is 6.92 Å². The third-order valence-electron chi connectivity index (χ3n) is 1.87. The fourth-order valence-electron chi connectivity index (χ4n) is 1.19. The van der Waals surface area contributed by atoms with E-state index in [9.17, 15) is 0 Å². The van der Waals surface area contributed by atoms with Crippen molar-refractivity contribution in [2.24, 2.45) is 0 Å². The molecular formula is C11H17NS2. The number of hydrogen-bond acceptors (Lipinski definition) is 3. The zero-order valence-electron chi connectivity index (χ0n) is 8.75. The first-order chi connectivity index (χ1) is 6.88. The van der Waals surface area contributed by atoms with E-state index in [-0.39, 0.29) is 0 Å². The highest BCUT2D eigenvalue weighted by Crippen LogP contribution is 2.24. The molecule has 1 aromatic rings. The van der Waals surface area contributed by atoms with Crippen molar-refractivity contribution < 1.29 is 0 Å². The van der Waals surface area contributed by atoms with Crippen LogP contribution in [0.3, 0.4) is 0 Å². The maximum absolute atomic E-state index is 3.46. The molecule has 0 unspecified atom stereocenters. The Kier molecular flexibility index (Phi) is 5.96. The molecule has 14 heavy (non-hydrogen) atoms. The molecule has 0 aliphatic carbocycles. The SMILES string of the molecule is CCSCCNc1ccccc1SC. The van der Waals surface area contributed by atoms with E-state index in [0.717, 1.165) is 6.54 Å². The summed E-state index contributed by atoms with van der Waals surface area (Å²) in [6.07, 6.45) is 2.11. The quantitative estimate of drug-likeness (QED) is 0.589. The molecule has 0 aliphatic heterocycles. The predicted octanol–water partition coefficient (Wildman–Crippen LogP) is 3.57. The van der Waals surface area contributed by atoms with Gasteiger partial charge < -0.3 is 5.32 Å². The van der Waals surface area contributed by atoms with Gasteiger partial charge in [0.15, 0.2) is 0 Å². The van der Waals surface area contributed by atoms with Crippen LogP contribution in [0.4, 0.5) is 5.69 Å². The van der Waals surface area contributed by atoms with E-state index in [4.69, 9.17) is 0 Å². The van der Waals surface area contributed by atoms with Crippen LogP contribution in [0.15, 0.2) is 29.2 Å². The lowest BCUT2D eigenvalue weighted by atomic mass is 10.3. The number of thioether (sulfide) groups is 2. The lowest BCUT2D eigenvalue weighted by Gasteiger charge is -2.09. The van der Waals surface area contributed by atoms with Crippen LogP contribution in [0.25, 0.3) is 0 Å². The van der Waals surface area contributed by atoms with Crippen LogP contribution in [-0.4, -0.2) is 24.3 Å². The number of nitrogens with one attached hydrogen (secondary N) is 1. The Morgan fingerprint density at radius 2 is 2.07 bits per heavy atom. The number of rotatable bonds is 6. The Hall–Kier alpha value is -0.280. The van der Waals surface area contributed by atoms with Gasteiger partial charge in [0.2, 0.25) is 0 Å². The topological polar surface area (TPSA) is 12.0 Å². The summed E-state index contributed by atoms with van der Waals surface area (Å²) >= 11 is 3.76. The molecule has 0 heterocycles. The Bertz CT molecular complexity index is 263. The number of anilines is 1. The summed E-state index contributed by atoms with van der Waals surface area (Å²) in [6.45, 7) is 3.25. The van der Waals surface area contributed by atoms with E-state index < -0.39 is 0 Å². The van der Waals surface area contributed by atoms with Crippen LogP contribution >= 0.6 is 23.5 Å². The Balaban J connectivity index is 2.41. The van der Waals surface area contributed by atoms with Gasteiger partial charge in [-0.15, -0.1) is 11.8 Å². The van der Waals surface area contributed by atoms with Crippen molar-refractivity contribution >= 4 is 29.2 Å². The van der Waals surface area contributed by atoms with Gasteiger partial charge in [0.1, 0.15) is 0 Å². The number of hydrogen-bond donors (Lipinski definition) is 1. The smallest absolute Gasteiger partial charge is 0.0478 e. The molecule has 0 fully saturated rings. The molecule has 0 saturated carbocycles. The highest BCUT2D eigenvalue weighted by molar-refractivity contribution is 7.99. The molecule has 0 saturated heterocycles. The van der Waals surface area contributed by atoms with Gasteiger partial charge in [-0.1, -0.05) is 19.1 Å². The highest BCUT2D eigenvalue weighted by Gasteiger charge is 1.97. The van der Waals surface area contributed by atoms with E-state index in [1.165, 1.54) is 22.1 Å². The monoisotopic (exact) mass is 227 g/mol. The largest absolute Gasteiger partial charge is 0.383 e. The van der Waals surface area contributed by atoms with Gasteiger partial charge >= 0.3 is 0 Å². The van der Waals surface area contributed by atoms with Crippen molar-refractivity contribution in [2.75, 3.05) is 29.6 Å². The second kappa shape index (κ2) is 7.07. The molecule has 1 aromatic carbocycles. The Morgan fingerprint density at radius 3 is 2.79 bits per heavy atom. The van der Waals surface area contributed by atoms with Crippen LogP contribution in [0.2, 0.25) is 0 Å². The second-order valence-electron chi connectivity index (χ2n) is 2.82. The maximum atomic E-state index is 3.46. The van der Waals surface area contributed by atoms with Gasteiger partial charge in [-0.05, 0) is 24.1 Å². The molecule has 0 spiro atoms. The van der Waals surface area contributed by atoms with Crippen LogP contribution in [-0.2, 0) is 0 Å². The first-order valence-electron chi connectivity index (χ1n) is 4.83. The normalized spacial score (nSPS) is 10.1. The zero-order valence-corrected chi connectivity index (χ0v) is 10.4. The number of benzene rings is 1. The fourth-order valence-corrected chi connectivity index (χ4v) is 2.30. The van der Waals surface area contributed by atoms with E-state index in [1.54, 1.807) is 11.8 Å². The first-order valence-corrected chi connectivity index (χ1v) is 7.21. The summed E-state index contributed by atoms with van der Waals surface area (Å²) < 4.78 is 0. The summed E-state index contributed by atoms with van der Waals surface area (Å²) in [7, 11) is 0. The summed E-state index contributed by atoms with van der Waals surface area (Å²) in [5.41, 5.74) is 1.26. The van der Waals surface area contributed by atoms with Crippen molar-refractivity contribution in [3.8, 4) is 0 Å². The molecule has 1 N–H and O–H groups in total. The van der Waals surface area contributed by atoms with Gasteiger partial charge in [0, 0.05) is 22.9 Å². The summed E-state index contributed by atoms with van der Waals surface area (Å²) in [6, 6.07) is 8.45. The fraction of sp³-hybridized carbons (Fsp3) is 0.455. The van der Waals surface area contributed by atoms with Crippen molar-refractivity contribution in [3.63, 3.8) is 0 Å². The van der Waals surface area contributed by atoms with E-state index in [2.05, 4.69) is 42.8 Å². The third kappa shape index (κ3) is 3.84. The predicted molar refractivity (Wildman–Crippen MR) is 69.7 cm³/mol. The van der Waals surface area contributed by atoms with E-state index >= 15 is 0 Å². The van der Waals surface area contributed by atoms with Gasteiger partial charge in [-0.2, -0.15) is 11.8 Å². The van der Waals surface area contributed by atoms with Crippen molar-refractivity contribution in [1.82, 2.24) is 0 Å². The zero-order chi connectivity index (χ0) is 10.2. The standard InChI is InChI=1S/C11H17NS2/c1-3-14-9-8-12-10-6-4-5-7-11(10)13-2/h4-7,12H,3,8-9H2,1-2H3. The maximum Gasteiger partial charge on any atom is 0.0478 e. The molecule has 0 radical (unpaired) electrons. The second-order valence-corrected chi connectivity index (χ2v) is 5.07. The van der Waals surface area contributed by atoms with E-state index in [0.29, 0.717) is 0 Å². The molecule has 3 heteroatoms. The van der Waals surface area contributed by atoms with Crippen molar-refractivity contribution in [1.29, 1.82) is 0 Å². The van der Waals surface area contributed by atoms with E-state index in [1.807, 2.05) is 11.8 Å². The molecule has 0 amide bonds. The molecular weight excluding hydrogens is 210 g/mol. The molecule has 0 aromatic heterocycles. The van der Waals surface area contributed by atoms with Crippen LogP contribution in [0, 0.1) is 0 Å². The summed E-state index contributed by atoms with van der Waals surface area (Å²) in [4.78, 5) is 1.33. The average Bonchev–Trinajstić information content (AvgIpc) is 2.25. The average molecular weight is 227 g/mol. The summed E-state index contributed by atoms with van der Waals surface area (Å²) in [5, 5.41) is 3.46. The Morgan fingerprint density at radius 1 is 1.29 bits per heavy atom. The lowest BCUT2D eigenvalue weighted by Crippen LogP contribution is -2.04. The lowest BCUT2D eigenvalue weighted by molar-refractivity contribution is 1.20. The number of para-hydroxylation sites is 1. The minimum atomic E-state index is 1.05. The molecule has 0 bridgehead atoms.